The SMILES string of the molecule is COc1c(-c2ccc3c(c2)OCO3)nc2ccc(NCc3ccc(F)cc3)nn12. The molecule has 0 amide bonds. The van der Waals surface area contributed by atoms with Gasteiger partial charge in [-0.2, -0.15) is 4.52 Å². The second kappa shape index (κ2) is 6.97. The van der Waals surface area contributed by atoms with Gasteiger partial charge in [-0.1, -0.05) is 12.1 Å². The Bertz CT molecular complexity index is 1190. The van der Waals surface area contributed by atoms with Gasteiger partial charge in [-0.15, -0.1) is 5.10 Å². The third-order valence-electron chi connectivity index (χ3n) is 4.66. The van der Waals surface area contributed by atoms with Crippen molar-refractivity contribution in [3.8, 4) is 28.6 Å². The summed E-state index contributed by atoms with van der Waals surface area (Å²) in [5.41, 5.74) is 3.11. The molecule has 8 heteroatoms. The number of hydrogen-bond acceptors (Lipinski definition) is 6. The molecule has 0 bridgehead atoms. The van der Waals surface area contributed by atoms with E-state index in [-0.39, 0.29) is 12.6 Å². The highest BCUT2D eigenvalue weighted by molar-refractivity contribution is 5.72. The van der Waals surface area contributed by atoms with Crippen LogP contribution in [0.1, 0.15) is 5.56 Å². The lowest BCUT2D eigenvalue weighted by molar-refractivity contribution is 0.174. The smallest absolute Gasteiger partial charge is 0.243 e. The first kappa shape index (κ1) is 17.3. The van der Waals surface area contributed by atoms with Crippen LogP contribution in [0.3, 0.4) is 0 Å². The molecule has 5 rings (SSSR count). The van der Waals surface area contributed by atoms with Crippen LogP contribution in [-0.2, 0) is 6.54 Å². The average molecular weight is 392 g/mol. The second-order valence-corrected chi connectivity index (χ2v) is 6.51. The van der Waals surface area contributed by atoms with Crippen molar-refractivity contribution in [3.05, 3.63) is 66.0 Å². The monoisotopic (exact) mass is 392 g/mol. The van der Waals surface area contributed by atoms with E-state index in [9.17, 15) is 4.39 Å². The van der Waals surface area contributed by atoms with Gasteiger partial charge in [-0.3, -0.25) is 0 Å². The summed E-state index contributed by atoms with van der Waals surface area (Å²) >= 11 is 0. The van der Waals surface area contributed by atoms with E-state index < -0.39 is 0 Å². The van der Waals surface area contributed by atoms with Gasteiger partial charge >= 0.3 is 0 Å². The van der Waals surface area contributed by atoms with Crippen LogP contribution in [-0.4, -0.2) is 28.5 Å². The molecular weight excluding hydrogens is 375 g/mol. The Kier molecular flexibility index (Phi) is 4.16. The molecule has 2 aromatic heterocycles. The van der Waals surface area contributed by atoms with Gasteiger partial charge < -0.3 is 19.5 Å². The summed E-state index contributed by atoms with van der Waals surface area (Å²) in [4.78, 5) is 4.66. The van der Waals surface area contributed by atoms with E-state index in [1.807, 2.05) is 30.3 Å². The molecule has 0 atom stereocenters. The van der Waals surface area contributed by atoms with E-state index in [2.05, 4.69) is 15.4 Å². The molecule has 0 aliphatic carbocycles. The highest BCUT2D eigenvalue weighted by Gasteiger charge is 2.20. The van der Waals surface area contributed by atoms with Gasteiger partial charge in [-0.25, -0.2) is 9.37 Å². The van der Waals surface area contributed by atoms with Crippen LogP contribution < -0.4 is 19.5 Å². The number of rotatable bonds is 5. The summed E-state index contributed by atoms with van der Waals surface area (Å²) in [6, 6.07) is 15.7. The normalized spacial score (nSPS) is 12.3. The lowest BCUT2D eigenvalue weighted by Gasteiger charge is -2.07. The lowest BCUT2D eigenvalue weighted by atomic mass is 10.1. The van der Waals surface area contributed by atoms with E-state index in [4.69, 9.17) is 14.2 Å². The van der Waals surface area contributed by atoms with Crippen molar-refractivity contribution in [1.82, 2.24) is 14.6 Å². The maximum absolute atomic E-state index is 13.1. The molecule has 0 spiro atoms. The minimum absolute atomic E-state index is 0.214. The second-order valence-electron chi connectivity index (χ2n) is 6.51. The molecule has 0 fully saturated rings. The van der Waals surface area contributed by atoms with Crippen LogP contribution >= 0.6 is 0 Å². The zero-order valence-corrected chi connectivity index (χ0v) is 15.6. The van der Waals surface area contributed by atoms with Crippen LogP contribution in [0, 0.1) is 5.82 Å². The molecule has 29 heavy (non-hydrogen) atoms. The summed E-state index contributed by atoms with van der Waals surface area (Å²) in [5.74, 6) is 2.30. The van der Waals surface area contributed by atoms with Crippen molar-refractivity contribution in [2.45, 2.75) is 6.54 Å². The number of fused-ring (bicyclic) bond motifs is 2. The fraction of sp³-hybridized carbons (Fsp3) is 0.143. The molecule has 1 aliphatic heterocycles. The van der Waals surface area contributed by atoms with Gasteiger partial charge in [0.15, 0.2) is 17.1 Å². The number of halogens is 1. The first-order valence-corrected chi connectivity index (χ1v) is 9.03. The van der Waals surface area contributed by atoms with E-state index in [0.29, 0.717) is 41.1 Å². The van der Waals surface area contributed by atoms with Crippen molar-refractivity contribution in [2.75, 3.05) is 19.2 Å². The maximum Gasteiger partial charge on any atom is 0.243 e. The summed E-state index contributed by atoms with van der Waals surface area (Å²) in [6.45, 7) is 0.733. The van der Waals surface area contributed by atoms with Gasteiger partial charge in [0.2, 0.25) is 12.7 Å². The van der Waals surface area contributed by atoms with Crippen LogP contribution in [0.2, 0.25) is 0 Å². The number of imidazole rings is 1. The molecule has 0 saturated carbocycles. The molecule has 7 nitrogen and oxygen atoms in total. The summed E-state index contributed by atoms with van der Waals surface area (Å²) < 4.78 is 31.1. The average Bonchev–Trinajstić information content (AvgIpc) is 3.36. The van der Waals surface area contributed by atoms with Crippen LogP contribution in [0.4, 0.5) is 10.2 Å². The molecule has 4 aromatic rings. The molecule has 3 heterocycles. The van der Waals surface area contributed by atoms with E-state index >= 15 is 0 Å². The number of anilines is 1. The number of benzene rings is 2. The Morgan fingerprint density at radius 1 is 1.07 bits per heavy atom. The number of nitrogens with zero attached hydrogens (tertiary/aromatic N) is 3. The molecule has 2 aromatic carbocycles. The van der Waals surface area contributed by atoms with Gasteiger partial charge in [0.25, 0.3) is 0 Å². The fourth-order valence-corrected chi connectivity index (χ4v) is 3.22. The summed E-state index contributed by atoms with van der Waals surface area (Å²) in [5, 5.41) is 7.82. The Balaban J connectivity index is 1.47. The topological polar surface area (TPSA) is 69.9 Å². The van der Waals surface area contributed by atoms with E-state index in [1.165, 1.54) is 12.1 Å². The maximum atomic E-state index is 13.1. The van der Waals surface area contributed by atoms with Crippen molar-refractivity contribution >= 4 is 11.5 Å². The lowest BCUT2D eigenvalue weighted by Crippen LogP contribution is -2.04. The van der Waals surface area contributed by atoms with Crippen LogP contribution in [0.5, 0.6) is 17.4 Å². The Hall–Kier alpha value is -3.81. The van der Waals surface area contributed by atoms with Gasteiger partial charge in [0.1, 0.15) is 17.3 Å². The van der Waals surface area contributed by atoms with E-state index in [1.54, 1.807) is 23.8 Å². The fourth-order valence-electron chi connectivity index (χ4n) is 3.22. The quantitative estimate of drug-likeness (QED) is 0.556. The Labute approximate surface area is 165 Å². The minimum atomic E-state index is -0.257. The summed E-state index contributed by atoms with van der Waals surface area (Å²) in [6.07, 6.45) is 0. The van der Waals surface area contributed by atoms with E-state index in [0.717, 1.165) is 11.1 Å². The molecule has 1 N–H and O–H groups in total. The zero-order chi connectivity index (χ0) is 19.8. The standard InChI is InChI=1S/C21H17FN4O3/c1-27-21-20(14-4-7-16-17(10-14)29-12-28-16)24-19-9-8-18(25-26(19)21)23-11-13-2-5-15(22)6-3-13/h2-10H,11-12H2,1H3,(H,23,25). The number of hydrogen-bond donors (Lipinski definition) is 1. The van der Waals surface area contributed by atoms with Crippen LogP contribution in [0.25, 0.3) is 16.9 Å². The first-order chi connectivity index (χ1) is 14.2. The van der Waals surface area contributed by atoms with Gasteiger partial charge in [-0.05, 0) is 48.0 Å². The number of ether oxygens (including phenoxy) is 3. The zero-order valence-electron chi connectivity index (χ0n) is 15.6. The predicted octanol–water partition coefficient (Wildman–Crippen LogP) is 3.88. The molecule has 146 valence electrons. The molecule has 0 saturated heterocycles. The van der Waals surface area contributed by atoms with Crippen LogP contribution in [0.15, 0.2) is 54.6 Å². The Morgan fingerprint density at radius 2 is 1.90 bits per heavy atom. The van der Waals surface area contributed by atoms with Gasteiger partial charge in [0.05, 0.1) is 7.11 Å². The number of methoxy groups -OCH3 is 1. The third kappa shape index (κ3) is 3.18. The molecular formula is C21H17FN4O3. The number of nitrogens with one attached hydrogen (secondary N) is 1. The first-order valence-electron chi connectivity index (χ1n) is 9.03. The molecule has 0 unspecified atom stereocenters. The van der Waals surface area contributed by atoms with Gasteiger partial charge in [0, 0.05) is 12.1 Å². The largest absolute Gasteiger partial charge is 0.479 e. The molecule has 0 radical (unpaired) electrons. The van der Waals surface area contributed by atoms with Crippen molar-refractivity contribution < 1.29 is 18.6 Å². The third-order valence-corrected chi connectivity index (χ3v) is 4.66. The highest BCUT2D eigenvalue weighted by Crippen LogP contribution is 2.38. The Morgan fingerprint density at radius 3 is 2.72 bits per heavy atom. The van der Waals surface area contributed by atoms with Crippen molar-refractivity contribution in [3.63, 3.8) is 0 Å². The number of aromatic nitrogens is 3. The van der Waals surface area contributed by atoms with Crippen molar-refractivity contribution in [2.24, 2.45) is 0 Å². The highest BCUT2D eigenvalue weighted by atomic mass is 19.1. The summed E-state index contributed by atoms with van der Waals surface area (Å²) in [7, 11) is 1.58. The van der Waals surface area contributed by atoms with Crippen molar-refractivity contribution in [1.29, 1.82) is 0 Å². The minimum Gasteiger partial charge on any atom is -0.479 e. The predicted molar refractivity (Wildman–Crippen MR) is 105 cm³/mol. The molecule has 1 aliphatic rings.